The number of anilines is 2. The summed E-state index contributed by atoms with van der Waals surface area (Å²) in [6, 6.07) is 18.0. The number of pyridine rings is 1. The summed E-state index contributed by atoms with van der Waals surface area (Å²) in [6.45, 7) is 3.29. The van der Waals surface area contributed by atoms with E-state index in [2.05, 4.69) is 44.9 Å². The minimum Gasteiger partial charge on any atom is -0.404 e. The molecule has 2 heterocycles. The molecular weight excluding hydrogens is 512 g/mol. The van der Waals surface area contributed by atoms with Gasteiger partial charge in [0.2, 0.25) is 0 Å². The van der Waals surface area contributed by atoms with Crippen LogP contribution in [0.4, 0.5) is 11.5 Å². The average molecular weight is 551 g/mol. The van der Waals surface area contributed by atoms with Crippen LogP contribution in [-0.2, 0) is 0 Å². The number of nitrogens with one attached hydrogen (secondary N) is 2. The first kappa shape index (κ1) is 28.1. The Hall–Kier alpha value is -4.46. The Morgan fingerprint density at radius 1 is 0.976 bits per heavy atom. The molecule has 41 heavy (non-hydrogen) atoms. The molecule has 4 N–H and O–H groups in total. The minimum atomic E-state index is -0.247. The normalized spacial score (nSPS) is 16.4. The van der Waals surface area contributed by atoms with Gasteiger partial charge in [0, 0.05) is 61.6 Å². The molecule has 2 amide bonds. The number of aromatic nitrogens is 1. The van der Waals surface area contributed by atoms with Crippen LogP contribution in [0.2, 0.25) is 0 Å². The van der Waals surface area contributed by atoms with E-state index >= 15 is 0 Å². The molecule has 1 saturated heterocycles. The Balaban J connectivity index is 1.18. The second-order valence-electron chi connectivity index (χ2n) is 10.9. The number of aliphatic imine (C=N–C) groups is 1. The molecule has 8 heteroatoms. The van der Waals surface area contributed by atoms with Crippen molar-refractivity contribution in [1.82, 2.24) is 9.88 Å². The Kier molecular flexibility index (Phi) is 8.77. The van der Waals surface area contributed by atoms with Crippen molar-refractivity contribution in [3.05, 3.63) is 94.8 Å². The summed E-state index contributed by atoms with van der Waals surface area (Å²) in [4.78, 5) is 36.7. The van der Waals surface area contributed by atoms with Crippen LogP contribution in [0, 0.1) is 6.92 Å². The number of nitrogens with zero attached hydrogens (tertiary/aromatic N) is 3. The zero-order valence-corrected chi connectivity index (χ0v) is 23.8. The van der Waals surface area contributed by atoms with Gasteiger partial charge in [-0.15, -0.1) is 0 Å². The van der Waals surface area contributed by atoms with Crippen molar-refractivity contribution in [3.63, 3.8) is 0 Å². The summed E-state index contributed by atoms with van der Waals surface area (Å²) >= 11 is 0. The maximum atomic E-state index is 13.4. The van der Waals surface area contributed by atoms with Gasteiger partial charge in [-0.2, -0.15) is 0 Å². The standard InChI is InChI=1S/C33H38N6O2/c1-22-6-7-26(18-30(22)38-32(40)27-12-13-31(36-21-27)37-29-4-3-5-29)33(41)39-16-14-25(15-17-39)23-8-10-24(11-9-23)28(19-34)20-35-2/h6-13,18-21,25,29H,3-5,14-17,34H2,1-2H3,(H,36,37)(H,38,40). The lowest BCUT2D eigenvalue weighted by atomic mass is 9.88. The molecule has 2 fully saturated rings. The van der Waals surface area contributed by atoms with Gasteiger partial charge >= 0.3 is 0 Å². The summed E-state index contributed by atoms with van der Waals surface area (Å²) in [5.74, 6) is 0.924. The maximum Gasteiger partial charge on any atom is 0.257 e. The van der Waals surface area contributed by atoms with E-state index in [9.17, 15) is 9.59 Å². The summed E-state index contributed by atoms with van der Waals surface area (Å²) in [7, 11) is 1.73. The first-order valence-corrected chi connectivity index (χ1v) is 14.3. The highest BCUT2D eigenvalue weighted by atomic mass is 16.2. The number of rotatable bonds is 8. The summed E-state index contributed by atoms with van der Waals surface area (Å²) in [5, 5.41) is 6.35. The monoisotopic (exact) mass is 550 g/mol. The third-order valence-electron chi connectivity index (χ3n) is 8.16. The Bertz CT molecular complexity index is 1430. The molecule has 8 nitrogen and oxygen atoms in total. The van der Waals surface area contributed by atoms with Gasteiger partial charge in [0.1, 0.15) is 5.82 Å². The molecular formula is C33H38N6O2. The van der Waals surface area contributed by atoms with E-state index in [1.807, 2.05) is 30.0 Å². The Morgan fingerprint density at radius 3 is 2.29 bits per heavy atom. The summed E-state index contributed by atoms with van der Waals surface area (Å²) < 4.78 is 0. The van der Waals surface area contributed by atoms with Gasteiger partial charge in [-0.25, -0.2) is 4.98 Å². The van der Waals surface area contributed by atoms with Gasteiger partial charge in [-0.3, -0.25) is 14.6 Å². The van der Waals surface area contributed by atoms with E-state index in [1.165, 1.54) is 12.0 Å². The van der Waals surface area contributed by atoms with E-state index in [4.69, 9.17) is 5.73 Å². The number of carbonyl (C=O) groups excluding carboxylic acids is 2. The number of amides is 2. The molecule has 1 aliphatic heterocycles. The predicted octanol–water partition coefficient (Wildman–Crippen LogP) is 5.63. The lowest BCUT2D eigenvalue weighted by Gasteiger charge is -2.32. The number of allylic oxidation sites excluding steroid dienone is 1. The fraction of sp³-hybridized carbons (Fsp3) is 0.333. The van der Waals surface area contributed by atoms with Crippen LogP contribution in [0.5, 0.6) is 0 Å². The highest BCUT2D eigenvalue weighted by molar-refractivity contribution is 6.09. The second kappa shape index (κ2) is 12.8. The first-order chi connectivity index (χ1) is 19.9. The fourth-order valence-corrected chi connectivity index (χ4v) is 5.36. The maximum absolute atomic E-state index is 13.4. The highest BCUT2D eigenvalue weighted by Crippen LogP contribution is 2.30. The molecule has 3 aromatic rings. The number of hydrogen-bond donors (Lipinski definition) is 3. The molecule has 0 atom stereocenters. The zero-order chi connectivity index (χ0) is 28.8. The van der Waals surface area contributed by atoms with Crippen LogP contribution in [0.1, 0.15) is 75.4 Å². The number of hydrogen-bond acceptors (Lipinski definition) is 6. The topological polar surface area (TPSA) is 113 Å². The van der Waals surface area contributed by atoms with E-state index in [1.54, 1.807) is 37.8 Å². The van der Waals surface area contributed by atoms with E-state index in [-0.39, 0.29) is 11.8 Å². The lowest BCUT2D eigenvalue weighted by molar-refractivity contribution is 0.0712. The van der Waals surface area contributed by atoms with Crippen molar-refractivity contribution in [2.45, 2.75) is 51.0 Å². The largest absolute Gasteiger partial charge is 0.404 e. The van der Waals surface area contributed by atoms with Crippen LogP contribution in [0.25, 0.3) is 5.57 Å². The summed E-state index contributed by atoms with van der Waals surface area (Å²) in [5.41, 5.74) is 11.5. The molecule has 1 aliphatic carbocycles. The average Bonchev–Trinajstić information content (AvgIpc) is 2.99. The highest BCUT2D eigenvalue weighted by Gasteiger charge is 2.25. The molecule has 0 unspecified atom stereocenters. The van der Waals surface area contributed by atoms with Crippen LogP contribution >= 0.6 is 0 Å². The zero-order valence-electron chi connectivity index (χ0n) is 23.8. The van der Waals surface area contributed by atoms with E-state index in [0.717, 1.165) is 48.2 Å². The second-order valence-corrected chi connectivity index (χ2v) is 10.9. The van der Waals surface area contributed by atoms with Gasteiger partial charge in [-0.1, -0.05) is 30.3 Å². The fourth-order valence-electron chi connectivity index (χ4n) is 5.36. The van der Waals surface area contributed by atoms with Gasteiger partial charge in [0.05, 0.1) is 5.56 Å². The van der Waals surface area contributed by atoms with Crippen molar-refractivity contribution in [1.29, 1.82) is 0 Å². The van der Waals surface area contributed by atoms with E-state index in [0.29, 0.717) is 41.9 Å². The molecule has 212 valence electrons. The number of aryl methyl sites for hydroxylation is 1. The number of piperidine rings is 1. The van der Waals surface area contributed by atoms with Gasteiger partial charge in [-0.05, 0) is 85.9 Å². The minimum absolute atomic E-state index is 0.0148. The van der Waals surface area contributed by atoms with Crippen LogP contribution in [0.15, 0.2) is 72.0 Å². The molecule has 5 rings (SSSR count). The van der Waals surface area contributed by atoms with Gasteiger partial charge < -0.3 is 21.3 Å². The van der Waals surface area contributed by atoms with Crippen LogP contribution in [0.3, 0.4) is 0 Å². The SMILES string of the molecule is CN=CC(=CN)c1ccc(C2CCN(C(=O)c3ccc(C)c(NC(=O)c4ccc(NC5CCC5)nc4)c3)CC2)cc1. The van der Waals surface area contributed by atoms with Crippen LogP contribution < -0.4 is 16.4 Å². The Labute approximate surface area is 241 Å². The van der Waals surface area contributed by atoms with Crippen molar-refractivity contribution in [3.8, 4) is 0 Å². The third-order valence-corrected chi connectivity index (χ3v) is 8.16. The smallest absolute Gasteiger partial charge is 0.257 e. The predicted molar refractivity (Wildman–Crippen MR) is 166 cm³/mol. The summed E-state index contributed by atoms with van der Waals surface area (Å²) in [6.07, 6.45) is 10.3. The van der Waals surface area contributed by atoms with Crippen molar-refractivity contribution < 1.29 is 9.59 Å². The molecule has 1 saturated carbocycles. The lowest BCUT2D eigenvalue weighted by Crippen LogP contribution is -2.38. The first-order valence-electron chi connectivity index (χ1n) is 14.3. The van der Waals surface area contributed by atoms with Crippen molar-refractivity contribution in [2.24, 2.45) is 10.7 Å². The number of carbonyl (C=O) groups is 2. The molecule has 0 bridgehead atoms. The number of nitrogens with two attached hydrogens (primary N) is 1. The molecule has 2 aromatic carbocycles. The van der Waals surface area contributed by atoms with Gasteiger partial charge in [0.15, 0.2) is 0 Å². The van der Waals surface area contributed by atoms with Crippen LogP contribution in [-0.4, -0.2) is 54.1 Å². The number of likely N-dealkylation sites (tertiary alicyclic amines) is 1. The van der Waals surface area contributed by atoms with Crippen molar-refractivity contribution in [2.75, 3.05) is 30.8 Å². The van der Waals surface area contributed by atoms with E-state index < -0.39 is 0 Å². The Morgan fingerprint density at radius 2 is 1.68 bits per heavy atom. The third kappa shape index (κ3) is 6.65. The molecule has 1 aromatic heterocycles. The molecule has 2 aliphatic rings. The van der Waals surface area contributed by atoms with Crippen molar-refractivity contribution >= 4 is 35.1 Å². The van der Waals surface area contributed by atoms with Gasteiger partial charge in [0.25, 0.3) is 11.8 Å². The number of benzene rings is 2. The molecule has 0 radical (unpaired) electrons. The quantitative estimate of drug-likeness (QED) is 0.315. The molecule has 0 spiro atoms.